The maximum atomic E-state index is 5.70. The molecule has 1 heterocycles. The Morgan fingerprint density at radius 2 is 2.00 bits per heavy atom. The predicted molar refractivity (Wildman–Crippen MR) is 59.4 cm³/mol. The van der Waals surface area contributed by atoms with Crippen LogP contribution in [-0.2, 0) is 6.42 Å². The number of fused-ring (bicyclic) bond motifs is 1. The van der Waals surface area contributed by atoms with Crippen molar-refractivity contribution >= 4 is 0 Å². The number of benzene rings is 1. The molecule has 3 heteroatoms. The highest BCUT2D eigenvalue weighted by Gasteiger charge is 2.18. The van der Waals surface area contributed by atoms with Crippen molar-refractivity contribution in [1.29, 1.82) is 0 Å². The van der Waals surface area contributed by atoms with Crippen LogP contribution >= 0.6 is 0 Å². The molecule has 0 aromatic heterocycles. The van der Waals surface area contributed by atoms with E-state index in [1.807, 2.05) is 0 Å². The van der Waals surface area contributed by atoms with Crippen molar-refractivity contribution in [2.24, 2.45) is 5.73 Å². The molecule has 0 fully saturated rings. The molecule has 0 radical (unpaired) electrons. The molecule has 0 saturated heterocycles. The lowest BCUT2D eigenvalue weighted by molar-refractivity contribution is 0.174. The molecule has 0 amide bonds. The van der Waals surface area contributed by atoms with Gasteiger partial charge >= 0.3 is 0 Å². The van der Waals surface area contributed by atoms with Gasteiger partial charge in [-0.3, -0.25) is 0 Å². The fraction of sp³-hybridized carbons (Fsp3) is 0.500. The summed E-state index contributed by atoms with van der Waals surface area (Å²) >= 11 is 0. The molecule has 0 spiro atoms. The third-order valence-electron chi connectivity index (χ3n) is 2.90. The lowest BCUT2D eigenvalue weighted by Crippen LogP contribution is -2.10. The molecule has 3 nitrogen and oxygen atoms in total. The quantitative estimate of drug-likeness (QED) is 0.825. The van der Waals surface area contributed by atoms with Crippen molar-refractivity contribution in [3.05, 3.63) is 23.3 Å². The van der Waals surface area contributed by atoms with Crippen LogP contribution in [0, 0.1) is 0 Å². The molecule has 1 aliphatic heterocycles. The summed E-state index contributed by atoms with van der Waals surface area (Å²) in [7, 11) is 0. The van der Waals surface area contributed by atoms with E-state index in [0.29, 0.717) is 19.3 Å². The molecule has 0 saturated carbocycles. The zero-order valence-corrected chi connectivity index (χ0v) is 9.25. The highest BCUT2D eigenvalue weighted by molar-refractivity contribution is 5.49. The normalized spacial score (nSPS) is 15.4. The smallest absolute Gasteiger partial charge is 0.231 e. The van der Waals surface area contributed by atoms with Gasteiger partial charge in [-0.25, -0.2) is 0 Å². The Morgan fingerprint density at radius 3 is 2.60 bits per heavy atom. The van der Waals surface area contributed by atoms with Crippen LogP contribution in [0.15, 0.2) is 12.1 Å². The maximum absolute atomic E-state index is 5.70. The van der Waals surface area contributed by atoms with Crippen LogP contribution in [0.2, 0.25) is 0 Å². The van der Waals surface area contributed by atoms with Crippen LogP contribution in [0.5, 0.6) is 11.5 Å². The minimum Gasteiger partial charge on any atom is -0.454 e. The van der Waals surface area contributed by atoms with E-state index in [1.54, 1.807) is 0 Å². The lowest BCUT2D eigenvalue weighted by Gasteiger charge is -2.14. The molecule has 1 aromatic carbocycles. The van der Waals surface area contributed by atoms with Crippen molar-refractivity contribution in [3.8, 4) is 11.5 Å². The second-order valence-corrected chi connectivity index (χ2v) is 3.89. The molecule has 2 N–H and O–H groups in total. The summed E-state index contributed by atoms with van der Waals surface area (Å²) in [6.45, 7) is 5.27. The van der Waals surface area contributed by atoms with Gasteiger partial charge in [0.05, 0.1) is 0 Å². The summed E-state index contributed by atoms with van der Waals surface area (Å²) in [5.41, 5.74) is 8.29. The third-order valence-corrected chi connectivity index (χ3v) is 2.90. The molecular formula is C12H17NO2. The molecule has 0 bridgehead atoms. The average molecular weight is 207 g/mol. The highest BCUT2D eigenvalue weighted by atomic mass is 16.7. The number of nitrogens with two attached hydrogens (primary N) is 1. The number of ether oxygens (including phenoxy) is 2. The first-order valence-corrected chi connectivity index (χ1v) is 5.38. The van der Waals surface area contributed by atoms with Gasteiger partial charge in [-0.1, -0.05) is 13.8 Å². The summed E-state index contributed by atoms with van der Waals surface area (Å²) < 4.78 is 10.7. The van der Waals surface area contributed by atoms with E-state index in [4.69, 9.17) is 15.2 Å². The van der Waals surface area contributed by atoms with Crippen LogP contribution in [0.25, 0.3) is 0 Å². The van der Waals surface area contributed by atoms with E-state index in [2.05, 4.69) is 26.0 Å². The molecular weight excluding hydrogens is 190 g/mol. The van der Waals surface area contributed by atoms with Gasteiger partial charge in [0.15, 0.2) is 11.5 Å². The number of hydrogen-bond acceptors (Lipinski definition) is 3. The Morgan fingerprint density at radius 1 is 1.33 bits per heavy atom. The average Bonchev–Trinajstić information content (AvgIpc) is 2.73. The molecule has 1 aliphatic rings. The van der Waals surface area contributed by atoms with E-state index in [9.17, 15) is 0 Å². The Bertz CT molecular complexity index is 363. The first-order chi connectivity index (χ1) is 7.26. The number of rotatable bonds is 3. The van der Waals surface area contributed by atoms with Crippen LogP contribution in [0.1, 0.15) is 30.9 Å². The first-order valence-electron chi connectivity index (χ1n) is 5.38. The fourth-order valence-corrected chi connectivity index (χ4v) is 1.89. The molecule has 1 unspecified atom stereocenters. The largest absolute Gasteiger partial charge is 0.454 e. The first kappa shape index (κ1) is 10.3. The second-order valence-electron chi connectivity index (χ2n) is 3.89. The second kappa shape index (κ2) is 4.11. The molecule has 15 heavy (non-hydrogen) atoms. The van der Waals surface area contributed by atoms with Gasteiger partial charge < -0.3 is 15.2 Å². The van der Waals surface area contributed by atoms with E-state index in [-0.39, 0.29) is 0 Å². The van der Waals surface area contributed by atoms with Crippen molar-refractivity contribution in [2.45, 2.75) is 26.2 Å². The summed E-state index contributed by atoms with van der Waals surface area (Å²) in [4.78, 5) is 0. The minimum absolute atomic E-state index is 0.332. The van der Waals surface area contributed by atoms with E-state index >= 15 is 0 Å². The predicted octanol–water partition coefficient (Wildman–Crippen LogP) is 2.04. The molecule has 0 aliphatic carbocycles. The summed E-state index contributed by atoms with van der Waals surface area (Å²) in [6.07, 6.45) is 0.996. The van der Waals surface area contributed by atoms with Gasteiger partial charge in [0.1, 0.15) is 0 Å². The lowest BCUT2D eigenvalue weighted by atomic mass is 9.94. The number of aryl methyl sites for hydroxylation is 1. The van der Waals surface area contributed by atoms with Crippen molar-refractivity contribution < 1.29 is 9.47 Å². The maximum Gasteiger partial charge on any atom is 0.231 e. The Hall–Kier alpha value is -1.22. The molecule has 82 valence electrons. The minimum atomic E-state index is 0.332. The summed E-state index contributed by atoms with van der Waals surface area (Å²) in [5, 5.41) is 0. The van der Waals surface area contributed by atoms with Crippen LogP contribution in [-0.4, -0.2) is 13.3 Å². The fourth-order valence-electron chi connectivity index (χ4n) is 1.89. The van der Waals surface area contributed by atoms with Gasteiger partial charge in [0.25, 0.3) is 0 Å². The van der Waals surface area contributed by atoms with Gasteiger partial charge in [0, 0.05) is 0 Å². The standard InChI is InChI=1S/C12H17NO2/c1-3-9-4-11-12(15-7-14-11)5-10(9)8(2)6-13/h4-5,8H,3,6-7,13H2,1-2H3. The van der Waals surface area contributed by atoms with Crippen LogP contribution in [0.3, 0.4) is 0 Å². The summed E-state index contributed by atoms with van der Waals surface area (Å²) in [5.74, 6) is 2.08. The monoisotopic (exact) mass is 207 g/mol. The molecule has 1 atom stereocenters. The highest BCUT2D eigenvalue weighted by Crippen LogP contribution is 2.37. The van der Waals surface area contributed by atoms with Crippen molar-refractivity contribution in [2.75, 3.05) is 13.3 Å². The van der Waals surface area contributed by atoms with Crippen LogP contribution in [0.4, 0.5) is 0 Å². The molecule has 1 aromatic rings. The van der Waals surface area contributed by atoms with Crippen molar-refractivity contribution in [3.63, 3.8) is 0 Å². The van der Waals surface area contributed by atoms with Crippen molar-refractivity contribution in [1.82, 2.24) is 0 Å². The van der Waals surface area contributed by atoms with Gasteiger partial charge in [-0.05, 0) is 42.1 Å². The van der Waals surface area contributed by atoms with Gasteiger partial charge in [0.2, 0.25) is 6.79 Å². The van der Waals surface area contributed by atoms with Gasteiger partial charge in [-0.15, -0.1) is 0 Å². The number of hydrogen-bond donors (Lipinski definition) is 1. The SMILES string of the molecule is CCc1cc2c(cc1C(C)CN)OCO2. The Balaban J connectivity index is 2.44. The van der Waals surface area contributed by atoms with Gasteiger partial charge in [-0.2, -0.15) is 0 Å². The van der Waals surface area contributed by atoms with E-state index < -0.39 is 0 Å². The summed E-state index contributed by atoms with van der Waals surface area (Å²) in [6, 6.07) is 4.14. The topological polar surface area (TPSA) is 44.5 Å². The van der Waals surface area contributed by atoms with Crippen LogP contribution < -0.4 is 15.2 Å². The molecule has 2 rings (SSSR count). The Kier molecular flexibility index (Phi) is 2.82. The zero-order valence-electron chi connectivity index (χ0n) is 9.25. The van der Waals surface area contributed by atoms with E-state index in [1.165, 1.54) is 11.1 Å². The zero-order chi connectivity index (χ0) is 10.8. The third kappa shape index (κ3) is 1.79. The Labute approximate surface area is 90.2 Å². The van der Waals surface area contributed by atoms with E-state index in [0.717, 1.165) is 17.9 Å².